The number of nitrogens with zero attached hydrogens (tertiary/aromatic N) is 4. The van der Waals surface area contributed by atoms with Gasteiger partial charge in [-0.25, -0.2) is 9.67 Å². The van der Waals surface area contributed by atoms with E-state index in [4.69, 9.17) is 4.42 Å². The lowest BCUT2D eigenvalue weighted by Gasteiger charge is -2.25. The monoisotopic (exact) mass is 410 g/mol. The smallest absolute Gasteiger partial charge is 0.227 e. The fourth-order valence-electron chi connectivity index (χ4n) is 3.98. The van der Waals surface area contributed by atoms with Crippen molar-refractivity contribution in [3.05, 3.63) is 90.7 Å². The Hall–Kier alpha value is -3.93. The van der Waals surface area contributed by atoms with Crippen molar-refractivity contribution in [2.75, 3.05) is 7.05 Å². The zero-order valence-corrected chi connectivity index (χ0v) is 17.4. The molecule has 0 bridgehead atoms. The first-order chi connectivity index (χ1) is 15.1. The first kappa shape index (κ1) is 19.1. The fraction of sp³-hybridized carbons (Fsp3) is 0.160. The average molecular weight is 410 g/mol. The van der Waals surface area contributed by atoms with Gasteiger partial charge >= 0.3 is 0 Å². The van der Waals surface area contributed by atoms with E-state index in [1.165, 1.54) is 6.33 Å². The number of fused-ring (bicyclic) bond motifs is 3. The molecule has 6 heteroatoms. The molecular weight excluding hydrogens is 388 g/mol. The Kier molecular flexibility index (Phi) is 4.75. The molecule has 5 aromatic rings. The maximum Gasteiger partial charge on any atom is 0.227 e. The molecule has 0 saturated heterocycles. The third kappa shape index (κ3) is 3.46. The van der Waals surface area contributed by atoms with Gasteiger partial charge in [0.1, 0.15) is 18.2 Å². The van der Waals surface area contributed by atoms with Crippen LogP contribution >= 0.6 is 0 Å². The summed E-state index contributed by atoms with van der Waals surface area (Å²) in [6.07, 6.45) is 5.16. The summed E-state index contributed by atoms with van der Waals surface area (Å²) in [4.78, 5) is 18.9. The van der Waals surface area contributed by atoms with E-state index in [0.29, 0.717) is 6.42 Å². The van der Waals surface area contributed by atoms with Crippen LogP contribution in [-0.2, 0) is 11.2 Å². The Morgan fingerprint density at radius 2 is 1.90 bits per heavy atom. The Labute approximate surface area is 179 Å². The Bertz CT molecular complexity index is 1350. The highest BCUT2D eigenvalue weighted by Crippen LogP contribution is 2.31. The molecule has 5 rings (SSSR count). The molecule has 31 heavy (non-hydrogen) atoms. The number of hydrogen-bond donors (Lipinski definition) is 0. The molecule has 0 radical (unpaired) electrons. The van der Waals surface area contributed by atoms with Gasteiger partial charge in [-0.2, -0.15) is 5.10 Å². The maximum absolute atomic E-state index is 13.1. The van der Waals surface area contributed by atoms with E-state index in [-0.39, 0.29) is 11.9 Å². The molecule has 0 aliphatic heterocycles. The number of benzene rings is 3. The van der Waals surface area contributed by atoms with Gasteiger partial charge in [-0.1, -0.05) is 42.5 Å². The average Bonchev–Trinajstić information content (AvgIpc) is 3.49. The number of amides is 1. The topological polar surface area (TPSA) is 64.2 Å². The molecule has 0 N–H and O–H groups in total. The van der Waals surface area contributed by atoms with E-state index in [9.17, 15) is 4.79 Å². The zero-order valence-electron chi connectivity index (χ0n) is 17.4. The summed E-state index contributed by atoms with van der Waals surface area (Å²) in [6, 6.07) is 20.1. The minimum atomic E-state index is -0.0628. The van der Waals surface area contributed by atoms with Gasteiger partial charge in [0.05, 0.1) is 24.4 Å². The number of carbonyl (C=O) groups is 1. The SMILES string of the molecule is C[C@H](c1ccc(-n2cncn2)cc1)N(C)C(=O)Cc1coc2ccc3ccccc3c12. The minimum Gasteiger partial charge on any atom is -0.464 e. The molecule has 0 fully saturated rings. The fourth-order valence-corrected chi connectivity index (χ4v) is 3.98. The minimum absolute atomic E-state index is 0.0449. The summed E-state index contributed by atoms with van der Waals surface area (Å²) in [5.74, 6) is 0.0449. The number of carbonyl (C=O) groups excluding carboxylic acids is 1. The van der Waals surface area contributed by atoms with E-state index in [1.807, 2.05) is 62.5 Å². The standard InChI is InChI=1S/C25H22N4O2/c1-17(18-7-10-21(11-8-18)29-16-26-15-27-29)28(2)24(30)13-20-14-31-23-12-9-19-5-3-4-6-22(19)25(20)23/h3-12,14-17H,13H2,1-2H3/t17-/m1/s1. The lowest BCUT2D eigenvalue weighted by molar-refractivity contribution is -0.131. The van der Waals surface area contributed by atoms with Gasteiger partial charge in [0.2, 0.25) is 5.91 Å². The van der Waals surface area contributed by atoms with Gasteiger partial charge in [0, 0.05) is 18.0 Å². The Morgan fingerprint density at radius 1 is 1.10 bits per heavy atom. The normalized spacial score (nSPS) is 12.3. The molecule has 0 spiro atoms. The second-order valence-electron chi connectivity index (χ2n) is 7.71. The van der Waals surface area contributed by atoms with Gasteiger partial charge < -0.3 is 9.32 Å². The van der Waals surface area contributed by atoms with Crippen LogP contribution in [0.25, 0.3) is 27.4 Å². The number of likely N-dealkylation sites (N-methyl/N-ethyl adjacent to an activating group) is 1. The van der Waals surface area contributed by atoms with Crippen molar-refractivity contribution in [3.63, 3.8) is 0 Å². The Balaban J connectivity index is 1.37. The van der Waals surface area contributed by atoms with E-state index < -0.39 is 0 Å². The van der Waals surface area contributed by atoms with E-state index in [2.05, 4.69) is 22.2 Å². The van der Waals surface area contributed by atoms with Crippen LogP contribution in [0, 0.1) is 0 Å². The zero-order chi connectivity index (χ0) is 21.4. The van der Waals surface area contributed by atoms with E-state index >= 15 is 0 Å². The summed E-state index contributed by atoms with van der Waals surface area (Å²) in [5, 5.41) is 7.41. The number of furan rings is 1. The van der Waals surface area contributed by atoms with Gasteiger partial charge in [0.25, 0.3) is 0 Å². The third-order valence-corrected chi connectivity index (χ3v) is 5.91. The highest BCUT2D eigenvalue weighted by atomic mass is 16.3. The number of hydrogen-bond acceptors (Lipinski definition) is 4. The number of rotatable bonds is 5. The lowest BCUT2D eigenvalue weighted by Crippen LogP contribution is -2.30. The van der Waals surface area contributed by atoms with Crippen LogP contribution in [0.3, 0.4) is 0 Å². The number of aromatic nitrogens is 3. The lowest BCUT2D eigenvalue weighted by atomic mass is 10.0. The highest BCUT2D eigenvalue weighted by Gasteiger charge is 2.20. The van der Waals surface area contributed by atoms with Crippen molar-refractivity contribution < 1.29 is 9.21 Å². The van der Waals surface area contributed by atoms with Gasteiger partial charge in [-0.05, 0) is 41.5 Å². The molecule has 3 aromatic carbocycles. The molecule has 0 aliphatic carbocycles. The summed E-state index contributed by atoms with van der Waals surface area (Å²) >= 11 is 0. The summed E-state index contributed by atoms with van der Waals surface area (Å²) in [5.41, 5.74) is 3.71. The Morgan fingerprint density at radius 3 is 2.68 bits per heavy atom. The molecule has 2 heterocycles. The van der Waals surface area contributed by atoms with Crippen LogP contribution in [0.15, 0.2) is 84.0 Å². The van der Waals surface area contributed by atoms with Crippen molar-refractivity contribution in [2.24, 2.45) is 0 Å². The van der Waals surface area contributed by atoms with Crippen molar-refractivity contribution in [2.45, 2.75) is 19.4 Å². The summed E-state index contributed by atoms with van der Waals surface area (Å²) in [7, 11) is 1.85. The van der Waals surface area contributed by atoms with Crippen molar-refractivity contribution in [1.82, 2.24) is 19.7 Å². The largest absolute Gasteiger partial charge is 0.464 e. The van der Waals surface area contributed by atoms with Crippen LogP contribution in [0.4, 0.5) is 0 Å². The molecule has 0 aliphatic rings. The van der Waals surface area contributed by atoms with E-state index in [0.717, 1.165) is 38.6 Å². The second-order valence-corrected chi connectivity index (χ2v) is 7.71. The summed E-state index contributed by atoms with van der Waals surface area (Å²) in [6.45, 7) is 2.03. The molecule has 2 aromatic heterocycles. The molecule has 1 atom stereocenters. The van der Waals surface area contributed by atoms with Crippen molar-refractivity contribution in [3.8, 4) is 5.69 Å². The molecular formula is C25H22N4O2. The van der Waals surface area contributed by atoms with Crippen LogP contribution in [0.2, 0.25) is 0 Å². The maximum atomic E-state index is 13.1. The van der Waals surface area contributed by atoms with Gasteiger partial charge in [-0.15, -0.1) is 0 Å². The molecule has 1 amide bonds. The molecule has 0 saturated carbocycles. The third-order valence-electron chi connectivity index (χ3n) is 5.91. The second kappa shape index (κ2) is 7.72. The first-order valence-corrected chi connectivity index (χ1v) is 10.2. The van der Waals surface area contributed by atoms with Crippen molar-refractivity contribution in [1.29, 1.82) is 0 Å². The molecule has 0 unspecified atom stereocenters. The summed E-state index contributed by atoms with van der Waals surface area (Å²) < 4.78 is 7.45. The van der Waals surface area contributed by atoms with Crippen LogP contribution < -0.4 is 0 Å². The molecule has 154 valence electrons. The predicted molar refractivity (Wildman–Crippen MR) is 120 cm³/mol. The quantitative estimate of drug-likeness (QED) is 0.412. The van der Waals surface area contributed by atoms with Crippen LogP contribution in [0.5, 0.6) is 0 Å². The predicted octanol–water partition coefficient (Wildman–Crippen LogP) is 4.93. The van der Waals surface area contributed by atoms with Gasteiger partial charge in [-0.3, -0.25) is 4.79 Å². The van der Waals surface area contributed by atoms with Crippen LogP contribution in [-0.4, -0.2) is 32.6 Å². The first-order valence-electron chi connectivity index (χ1n) is 10.2. The van der Waals surface area contributed by atoms with Gasteiger partial charge in [0.15, 0.2) is 0 Å². The molecule has 6 nitrogen and oxygen atoms in total. The van der Waals surface area contributed by atoms with E-state index in [1.54, 1.807) is 22.2 Å². The van der Waals surface area contributed by atoms with Crippen LogP contribution in [0.1, 0.15) is 24.1 Å². The van der Waals surface area contributed by atoms with Crippen molar-refractivity contribution >= 4 is 27.6 Å². The highest BCUT2D eigenvalue weighted by molar-refractivity contribution is 6.08.